The molecule has 0 spiro atoms. The van der Waals surface area contributed by atoms with E-state index in [2.05, 4.69) is 0 Å². The highest BCUT2D eigenvalue weighted by Crippen LogP contribution is 2.46. The number of aliphatic hydroxyl groups is 1. The molecule has 0 aromatic carbocycles. The van der Waals surface area contributed by atoms with Gasteiger partial charge < -0.3 is 10.0 Å². The summed E-state index contributed by atoms with van der Waals surface area (Å²) in [7, 11) is -3.40. The molecular formula is C13H21NO4S. The van der Waals surface area contributed by atoms with Gasteiger partial charge in [0.15, 0.2) is 14.6 Å². The number of β-amino-alcohol motifs (C(OH)–C–C–N with tert-alkyl or cyclic N) is 1. The standard InChI is InChI=1S/C13H21NO4S/c1-19(17,18)13(6-2-3-7-13)11(15)14-8-12(16,9-14)10-4-5-10/h10,16H,2-9H2,1H3. The Balaban J connectivity index is 1.76. The smallest absolute Gasteiger partial charge is 0.244 e. The van der Waals surface area contributed by atoms with Crippen LogP contribution in [0.1, 0.15) is 38.5 Å². The number of likely N-dealkylation sites (tertiary alicyclic amines) is 1. The molecule has 3 aliphatic rings. The number of carbonyl (C=O) groups is 1. The summed E-state index contributed by atoms with van der Waals surface area (Å²) in [5.74, 6) is 0.0344. The molecule has 0 aromatic heterocycles. The van der Waals surface area contributed by atoms with Crippen molar-refractivity contribution in [3.05, 3.63) is 0 Å². The minimum absolute atomic E-state index is 0.280. The minimum Gasteiger partial charge on any atom is -0.386 e. The van der Waals surface area contributed by atoms with Gasteiger partial charge in [0.05, 0.1) is 13.1 Å². The van der Waals surface area contributed by atoms with Gasteiger partial charge in [-0.25, -0.2) is 8.42 Å². The van der Waals surface area contributed by atoms with E-state index >= 15 is 0 Å². The Kier molecular flexibility index (Phi) is 2.78. The Hall–Kier alpha value is -0.620. The van der Waals surface area contributed by atoms with E-state index in [-0.39, 0.29) is 5.91 Å². The van der Waals surface area contributed by atoms with Crippen molar-refractivity contribution >= 4 is 15.7 Å². The highest BCUT2D eigenvalue weighted by molar-refractivity contribution is 7.92. The molecule has 5 nitrogen and oxygen atoms in total. The fraction of sp³-hybridized carbons (Fsp3) is 0.923. The van der Waals surface area contributed by atoms with Gasteiger partial charge in [-0.2, -0.15) is 0 Å². The molecule has 3 rings (SSSR count). The number of hydrogen-bond donors (Lipinski definition) is 1. The molecule has 1 amide bonds. The largest absolute Gasteiger partial charge is 0.386 e. The Labute approximate surface area is 113 Å². The van der Waals surface area contributed by atoms with Gasteiger partial charge in [-0.05, 0) is 31.6 Å². The third kappa shape index (κ3) is 1.91. The minimum atomic E-state index is -3.40. The van der Waals surface area contributed by atoms with Gasteiger partial charge in [-0.3, -0.25) is 4.79 Å². The first-order valence-electron chi connectivity index (χ1n) is 7.00. The van der Waals surface area contributed by atoms with Gasteiger partial charge in [0.2, 0.25) is 5.91 Å². The first kappa shape index (κ1) is 13.4. The highest BCUT2D eigenvalue weighted by atomic mass is 32.2. The van der Waals surface area contributed by atoms with E-state index in [1.54, 1.807) is 4.90 Å². The number of hydrogen-bond acceptors (Lipinski definition) is 4. The average Bonchev–Trinajstić information content (AvgIpc) is 3.00. The van der Waals surface area contributed by atoms with Crippen molar-refractivity contribution in [2.45, 2.75) is 48.9 Å². The van der Waals surface area contributed by atoms with Crippen LogP contribution in [-0.2, 0) is 14.6 Å². The predicted octanol–water partition coefficient (Wildman–Crippen LogP) is 0.327. The van der Waals surface area contributed by atoms with Gasteiger partial charge in [0.25, 0.3) is 0 Å². The second-order valence-corrected chi connectivity index (χ2v) is 8.84. The van der Waals surface area contributed by atoms with E-state index in [9.17, 15) is 18.3 Å². The maximum absolute atomic E-state index is 12.6. The molecule has 1 saturated heterocycles. The second-order valence-electron chi connectivity index (χ2n) is 6.51. The third-order valence-electron chi connectivity index (χ3n) is 5.06. The summed E-state index contributed by atoms with van der Waals surface area (Å²) < 4.78 is 22.9. The van der Waals surface area contributed by atoms with Gasteiger partial charge in [0, 0.05) is 6.26 Å². The molecule has 1 heterocycles. The third-order valence-corrected chi connectivity index (χ3v) is 7.07. The Morgan fingerprint density at radius 1 is 1.21 bits per heavy atom. The van der Waals surface area contributed by atoms with Crippen LogP contribution in [0.4, 0.5) is 0 Å². The van der Waals surface area contributed by atoms with Crippen molar-refractivity contribution in [3.8, 4) is 0 Å². The molecule has 3 fully saturated rings. The summed E-state index contributed by atoms with van der Waals surface area (Å²) in [4.78, 5) is 14.1. The zero-order chi connectivity index (χ0) is 13.9. The lowest BCUT2D eigenvalue weighted by molar-refractivity contribution is -0.161. The van der Waals surface area contributed by atoms with Crippen molar-refractivity contribution in [1.29, 1.82) is 0 Å². The van der Waals surface area contributed by atoms with E-state index in [0.29, 0.717) is 31.8 Å². The molecule has 1 aliphatic heterocycles. The number of sulfone groups is 1. The number of rotatable bonds is 3. The summed E-state index contributed by atoms with van der Waals surface area (Å²) in [5.41, 5.74) is -0.743. The SMILES string of the molecule is CS(=O)(=O)C1(C(=O)N2CC(O)(C3CC3)C2)CCCC1. The molecule has 0 unspecified atom stereocenters. The van der Waals surface area contributed by atoms with E-state index in [1.807, 2.05) is 0 Å². The van der Waals surface area contributed by atoms with Crippen LogP contribution in [0.3, 0.4) is 0 Å². The summed E-state index contributed by atoms with van der Waals surface area (Å²) in [5, 5.41) is 10.3. The zero-order valence-electron chi connectivity index (χ0n) is 11.3. The molecular weight excluding hydrogens is 266 g/mol. The number of amides is 1. The van der Waals surface area contributed by atoms with Crippen LogP contribution in [0.25, 0.3) is 0 Å². The summed E-state index contributed by atoms with van der Waals surface area (Å²) in [6.07, 6.45) is 5.67. The first-order valence-corrected chi connectivity index (χ1v) is 8.89. The maximum Gasteiger partial charge on any atom is 0.244 e. The van der Waals surface area contributed by atoms with Crippen molar-refractivity contribution in [2.75, 3.05) is 19.3 Å². The molecule has 0 aromatic rings. The highest BCUT2D eigenvalue weighted by Gasteiger charge is 2.59. The second kappa shape index (κ2) is 3.95. The van der Waals surface area contributed by atoms with E-state index in [4.69, 9.17) is 0 Å². The quantitative estimate of drug-likeness (QED) is 0.811. The van der Waals surface area contributed by atoms with Crippen LogP contribution in [0.15, 0.2) is 0 Å². The molecule has 2 aliphatic carbocycles. The first-order chi connectivity index (χ1) is 8.79. The molecule has 2 saturated carbocycles. The van der Waals surface area contributed by atoms with E-state index < -0.39 is 20.2 Å². The van der Waals surface area contributed by atoms with Gasteiger partial charge in [0.1, 0.15) is 5.60 Å². The molecule has 19 heavy (non-hydrogen) atoms. The van der Waals surface area contributed by atoms with Crippen molar-refractivity contribution < 1.29 is 18.3 Å². The molecule has 1 N–H and O–H groups in total. The maximum atomic E-state index is 12.6. The molecule has 6 heteroatoms. The normalized spacial score (nSPS) is 29.1. The van der Waals surface area contributed by atoms with Crippen LogP contribution in [0.2, 0.25) is 0 Å². The molecule has 0 radical (unpaired) electrons. The lowest BCUT2D eigenvalue weighted by Crippen LogP contribution is -2.68. The Morgan fingerprint density at radius 3 is 2.16 bits per heavy atom. The predicted molar refractivity (Wildman–Crippen MR) is 70.3 cm³/mol. The number of carbonyl (C=O) groups excluding carboxylic acids is 1. The van der Waals surface area contributed by atoms with Crippen LogP contribution < -0.4 is 0 Å². The summed E-state index contributed by atoms with van der Waals surface area (Å²) in [6, 6.07) is 0. The average molecular weight is 287 g/mol. The van der Waals surface area contributed by atoms with Gasteiger partial charge >= 0.3 is 0 Å². The molecule has 0 bridgehead atoms. The van der Waals surface area contributed by atoms with Gasteiger partial charge in [-0.1, -0.05) is 12.8 Å². The van der Waals surface area contributed by atoms with Crippen LogP contribution in [-0.4, -0.2) is 54.0 Å². The topological polar surface area (TPSA) is 74.7 Å². The van der Waals surface area contributed by atoms with Gasteiger partial charge in [-0.15, -0.1) is 0 Å². The van der Waals surface area contributed by atoms with E-state index in [1.165, 1.54) is 6.26 Å². The zero-order valence-corrected chi connectivity index (χ0v) is 12.1. The fourth-order valence-electron chi connectivity index (χ4n) is 3.61. The van der Waals surface area contributed by atoms with Crippen LogP contribution in [0.5, 0.6) is 0 Å². The van der Waals surface area contributed by atoms with Crippen molar-refractivity contribution in [1.82, 2.24) is 4.90 Å². The molecule has 0 atom stereocenters. The Bertz CT molecular complexity index is 497. The lowest BCUT2D eigenvalue weighted by atomic mass is 9.87. The number of nitrogens with zero attached hydrogens (tertiary/aromatic N) is 1. The summed E-state index contributed by atoms with van der Waals surface area (Å²) in [6.45, 7) is 0.627. The van der Waals surface area contributed by atoms with Crippen LogP contribution >= 0.6 is 0 Å². The Morgan fingerprint density at radius 2 is 1.74 bits per heavy atom. The van der Waals surface area contributed by atoms with Crippen molar-refractivity contribution in [2.24, 2.45) is 5.92 Å². The monoisotopic (exact) mass is 287 g/mol. The van der Waals surface area contributed by atoms with Crippen LogP contribution in [0, 0.1) is 5.92 Å². The fourth-order valence-corrected chi connectivity index (χ4v) is 5.09. The van der Waals surface area contributed by atoms with E-state index in [0.717, 1.165) is 25.7 Å². The molecule has 108 valence electrons. The summed E-state index contributed by atoms with van der Waals surface area (Å²) >= 11 is 0. The lowest BCUT2D eigenvalue weighted by Gasteiger charge is -2.49. The van der Waals surface area contributed by atoms with Crippen molar-refractivity contribution in [3.63, 3.8) is 0 Å².